The van der Waals surface area contributed by atoms with Gasteiger partial charge in [0, 0.05) is 31.1 Å². The number of carbonyl (C=O) groups excluding carboxylic acids is 1. The lowest BCUT2D eigenvalue weighted by Crippen LogP contribution is -2.42. The number of thiophene rings is 1. The lowest BCUT2D eigenvalue weighted by molar-refractivity contribution is 0.0684. The van der Waals surface area contributed by atoms with Crippen LogP contribution in [0.15, 0.2) is 20.1 Å². The molecule has 2 aromatic heterocycles. The Bertz CT molecular complexity index is 963. The third-order valence-corrected chi connectivity index (χ3v) is 9.05. The first kappa shape index (κ1) is 20.5. The van der Waals surface area contributed by atoms with Crippen LogP contribution in [-0.4, -0.2) is 59.4 Å². The van der Waals surface area contributed by atoms with Crippen molar-refractivity contribution < 1.29 is 17.6 Å². The van der Waals surface area contributed by atoms with Crippen molar-refractivity contribution in [3.05, 3.63) is 17.3 Å². The molecule has 29 heavy (non-hydrogen) atoms. The molecule has 0 spiro atoms. The van der Waals surface area contributed by atoms with E-state index in [1.807, 2.05) is 6.92 Å². The normalized spacial score (nSPS) is 21.4. The average Bonchev–Trinajstić information content (AvgIpc) is 3.44. The van der Waals surface area contributed by atoms with Gasteiger partial charge >= 0.3 is 11.8 Å². The van der Waals surface area contributed by atoms with Crippen molar-refractivity contribution in [2.75, 3.05) is 19.6 Å². The smallest absolute Gasteiger partial charge is 0.311 e. The molecule has 4 rings (SSSR count). The number of piperidine rings is 2. The van der Waals surface area contributed by atoms with Crippen LogP contribution in [0.25, 0.3) is 11.5 Å². The van der Waals surface area contributed by atoms with Crippen LogP contribution in [0.5, 0.6) is 0 Å². The van der Waals surface area contributed by atoms with Gasteiger partial charge in [-0.3, -0.25) is 4.79 Å². The van der Waals surface area contributed by atoms with Gasteiger partial charge in [0.2, 0.25) is 5.89 Å². The fraction of sp³-hybridized carbons (Fsp3) is 0.632. The summed E-state index contributed by atoms with van der Waals surface area (Å²) in [5.74, 6) is -0.126. The molecule has 0 aliphatic carbocycles. The van der Waals surface area contributed by atoms with Crippen molar-refractivity contribution in [1.82, 2.24) is 19.4 Å². The Hall–Kier alpha value is -1.78. The maximum Gasteiger partial charge on any atom is 0.311 e. The molecule has 0 bridgehead atoms. The Morgan fingerprint density at radius 2 is 1.93 bits per heavy atom. The molecule has 0 radical (unpaired) electrons. The summed E-state index contributed by atoms with van der Waals surface area (Å²) in [6.07, 6.45) is 6.75. The highest BCUT2D eigenvalue weighted by molar-refractivity contribution is 7.91. The Morgan fingerprint density at radius 1 is 1.17 bits per heavy atom. The molecular weight excluding hydrogens is 412 g/mol. The van der Waals surface area contributed by atoms with Gasteiger partial charge in [-0.25, -0.2) is 8.42 Å². The number of hydrogen-bond donors (Lipinski definition) is 0. The van der Waals surface area contributed by atoms with Crippen LogP contribution in [0.4, 0.5) is 0 Å². The van der Waals surface area contributed by atoms with Gasteiger partial charge in [0.25, 0.3) is 10.0 Å². The molecule has 4 heterocycles. The van der Waals surface area contributed by atoms with Crippen molar-refractivity contribution in [3.63, 3.8) is 0 Å². The Balaban J connectivity index is 1.53. The highest BCUT2D eigenvalue weighted by atomic mass is 32.2. The largest absolute Gasteiger partial charge is 0.412 e. The number of likely N-dealkylation sites (tertiary alicyclic amines) is 1. The van der Waals surface area contributed by atoms with E-state index in [4.69, 9.17) is 4.42 Å². The van der Waals surface area contributed by atoms with Crippen molar-refractivity contribution in [3.8, 4) is 11.5 Å². The summed E-state index contributed by atoms with van der Waals surface area (Å²) in [6, 6.07) is 1.63. The number of hydrogen-bond acceptors (Lipinski definition) is 7. The molecule has 2 aliphatic heterocycles. The van der Waals surface area contributed by atoms with Gasteiger partial charge in [-0.1, -0.05) is 13.3 Å². The van der Waals surface area contributed by atoms with Gasteiger partial charge in [-0.15, -0.1) is 21.5 Å². The molecule has 0 saturated carbocycles. The predicted octanol–water partition coefficient (Wildman–Crippen LogP) is 3.38. The summed E-state index contributed by atoms with van der Waals surface area (Å²) in [4.78, 5) is 14.2. The van der Waals surface area contributed by atoms with E-state index in [0.717, 1.165) is 56.3 Å². The zero-order chi connectivity index (χ0) is 20.4. The van der Waals surface area contributed by atoms with Gasteiger partial charge in [0.1, 0.15) is 4.21 Å². The fourth-order valence-corrected chi connectivity index (χ4v) is 7.08. The van der Waals surface area contributed by atoms with Gasteiger partial charge in [-0.05, 0) is 44.6 Å². The second-order valence-corrected chi connectivity index (χ2v) is 10.6. The van der Waals surface area contributed by atoms with Crippen molar-refractivity contribution in [2.45, 2.75) is 62.1 Å². The number of amides is 1. The number of carbonyl (C=O) groups is 1. The SMILES string of the molecule is CC[C@@H]1CCCCN1S(=O)(=O)c1cc(-c2nnc(C(=O)N3CCCCC3)o2)cs1. The highest BCUT2D eigenvalue weighted by Crippen LogP contribution is 2.33. The predicted molar refractivity (Wildman–Crippen MR) is 109 cm³/mol. The molecule has 0 aromatic carbocycles. The van der Waals surface area contributed by atoms with E-state index in [1.54, 1.807) is 20.7 Å². The standard InChI is InChI=1S/C19H26N4O4S2/c1-2-15-8-4-7-11-23(15)29(25,26)16-12-14(13-28-16)17-20-21-18(27-17)19(24)22-9-5-3-6-10-22/h12-13,15H,2-11H2,1H3/t15-/m1/s1. The summed E-state index contributed by atoms with van der Waals surface area (Å²) < 4.78 is 33.7. The molecule has 10 heteroatoms. The van der Waals surface area contributed by atoms with Crippen molar-refractivity contribution in [2.24, 2.45) is 0 Å². The van der Waals surface area contributed by atoms with E-state index >= 15 is 0 Å². The third-order valence-electron chi connectivity index (χ3n) is 5.68. The number of sulfonamides is 1. The summed E-state index contributed by atoms with van der Waals surface area (Å²) in [6.45, 7) is 3.98. The molecule has 0 N–H and O–H groups in total. The first-order chi connectivity index (χ1) is 14.0. The van der Waals surface area contributed by atoms with Gasteiger partial charge in [0.05, 0.1) is 5.56 Å². The van der Waals surface area contributed by atoms with E-state index in [-0.39, 0.29) is 27.9 Å². The lowest BCUT2D eigenvalue weighted by Gasteiger charge is -2.33. The van der Waals surface area contributed by atoms with Crippen molar-refractivity contribution in [1.29, 1.82) is 0 Å². The van der Waals surface area contributed by atoms with E-state index in [9.17, 15) is 13.2 Å². The van der Waals surface area contributed by atoms with E-state index < -0.39 is 10.0 Å². The van der Waals surface area contributed by atoms with Crippen LogP contribution in [-0.2, 0) is 10.0 Å². The van der Waals surface area contributed by atoms with Gasteiger partial charge < -0.3 is 9.32 Å². The molecule has 8 nitrogen and oxygen atoms in total. The molecule has 158 valence electrons. The fourth-order valence-electron chi connectivity index (χ4n) is 4.04. The number of aromatic nitrogens is 2. The summed E-state index contributed by atoms with van der Waals surface area (Å²) in [5, 5.41) is 9.56. The van der Waals surface area contributed by atoms with Crippen LogP contribution >= 0.6 is 11.3 Å². The van der Waals surface area contributed by atoms with Gasteiger partial charge in [0.15, 0.2) is 0 Å². The minimum absolute atomic E-state index is 0.0421. The quantitative estimate of drug-likeness (QED) is 0.710. The van der Waals surface area contributed by atoms with Crippen LogP contribution in [0.3, 0.4) is 0 Å². The minimum Gasteiger partial charge on any atom is -0.412 e. The minimum atomic E-state index is -3.55. The first-order valence-electron chi connectivity index (χ1n) is 10.2. The molecule has 2 aliphatic rings. The first-order valence-corrected chi connectivity index (χ1v) is 12.6. The average molecular weight is 439 g/mol. The van der Waals surface area contributed by atoms with E-state index in [2.05, 4.69) is 10.2 Å². The monoisotopic (exact) mass is 438 g/mol. The second kappa shape index (κ2) is 8.53. The molecule has 2 saturated heterocycles. The van der Waals surface area contributed by atoms with E-state index in [0.29, 0.717) is 25.2 Å². The van der Waals surface area contributed by atoms with E-state index in [1.165, 1.54) is 0 Å². The van der Waals surface area contributed by atoms with Crippen LogP contribution < -0.4 is 0 Å². The third kappa shape index (κ3) is 4.10. The summed E-state index contributed by atoms with van der Waals surface area (Å²) >= 11 is 1.15. The zero-order valence-corrected chi connectivity index (χ0v) is 18.2. The molecule has 1 atom stereocenters. The molecule has 2 aromatic rings. The Kier molecular flexibility index (Phi) is 6.03. The molecule has 2 fully saturated rings. The highest BCUT2D eigenvalue weighted by Gasteiger charge is 2.34. The maximum atomic E-state index is 13.1. The van der Waals surface area contributed by atoms with Crippen LogP contribution in [0.1, 0.15) is 62.6 Å². The zero-order valence-electron chi connectivity index (χ0n) is 16.5. The second-order valence-electron chi connectivity index (χ2n) is 7.59. The van der Waals surface area contributed by atoms with Gasteiger partial charge in [-0.2, -0.15) is 4.31 Å². The number of nitrogens with zero attached hydrogens (tertiary/aromatic N) is 4. The van der Waals surface area contributed by atoms with Crippen LogP contribution in [0.2, 0.25) is 0 Å². The molecule has 0 unspecified atom stereocenters. The molecule has 1 amide bonds. The lowest BCUT2D eigenvalue weighted by atomic mass is 10.0. The summed E-state index contributed by atoms with van der Waals surface area (Å²) in [5.41, 5.74) is 0.531. The Morgan fingerprint density at radius 3 is 2.69 bits per heavy atom. The Labute approximate surface area is 175 Å². The topological polar surface area (TPSA) is 96.6 Å². The summed E-state index contributed by atoms with van der Waals surface area (Å²) in [7, 11) is -3.55. The van der Waals surface area contributed by atoms with Crippen molar-refractivity contribution >= 4 is 27.3 Å². The van der Waals surface area contributed by atoms with Crippen LogP contribution in [0, 0.1) is 0 Å². The number of rotatable bonds is 5. The maximum absolute atomic E-state index is 13.1. The molecular formula is C19H26N4O4S2.